The smallest absolute Gasteiger partial charge is 0.340 e. The van der Waals surface area contributed by atoms with Crippen molar-refractivity contribution in [2.45, 2.75) is 39.5 Å². The highest BCUT2D eigenvalue weighted by molar-refractivity contribution is 6.06. The van der Waals surface area contributed by atoms with Gasteiger partial charge in [-0.3, -0.25) is 4.79 Å². The van der Waals surface area contributed by atoms with Gasteiger partial charge in [-0.25, -0.2) is 4.79 Å². The molecule has 1 aliphatic carbocycles. The van der Waals surface area contributed by atoms with Gasteiger partial charge in [-0.15, -0.1) is 0 Å². The van der Waals surface area contributed by atoms with Crippen LogP contribution in [0, 0.1) is 19.8 Å². The van der Waals surface area contributed by atoms with Gasteiger partial charge in [0, 0.05) is 30.7 Å². The molecular formula is C23H31N3O4. The highest BCUT2D eigenvalue weighted by atomic mass is 16.6. The van der Waals surface area contributed by atoms with E-state index in [1.165, 1.54) is 25.7 Å². The lowest BCUT2D eigenvalue weighted by atomic mass is 10.1. The van der Waals surface area contributed by atoms with E-state index in [2.05, 4.69) is 15.6 Å². The summed E-state index contributed by atoms with van der Waals surface area (Å²) in [5.41, 5.74) is 3.67. The van der Waals surface area contributed by atoms with Gasteiger partial charge in [-0.1, -0.05) is 12.8 Å². The van der Waals surface area contributed by atoms with Crippen LogP contribution in [0.5, 0.6) is 0 Å². The van der Waals surface area contributed by atoms with Crippen molar-refractivity contribution in [2.24, 2.45) is 5.92 Å². The molecule has 0 spiro atoms. The lowest BCUT2D eigenvalue weighted by molar-refractivity contribution is 0.0387. The summed E-state index contributed by atoms with van der Waals surface area (Å²) in [6.07, 6.45) is 5.28. The number of nitrogens with one attached hydrogen (secondary N) is 3. The Morgan fingerprint density at radius 1 is 1.07 bits per heavy atom. The topological polar surface area (TPSA) is 92.5 Å². The maximum absolute atomic E-state index is 12.7. The molecule has 0 bridgehead atoms. The van der Waals surface area contributed by atoms with Crippen LogP contribution >= 0.6 is 0 Å². The summed E-state index contributed by atoms with van der Waals surface area (Å²) in [5.74, 6) is 0.00658. The van der Waals surface area contributed by atoms with Gasteiger partial charge in [0.1, 0.15) is 12.3 Å². The summed E-state index contributed by atoms with van der Waals surface area (Å²) >= 11 is 0. The molecule has 1 heterocycles. The third-order valence-electron chi connectivity index (χ3n) is 5.60. The molecule has 0 unspecified atom stereocenters. The van der Waals surface area contributed by atoms with E-state index in [1.807, 2.05) is 24.3 Å². The molecule has 3 rings (SSSR count). The third-order valence-corrected chi connectivity index (χ3v) is 5.60. The molecule has 1 saturated carbocycles. The van der Waals surface area contributed by atoms with Crippen LogP contribution < -0.4 is 10.6 Å². The number of aryl methyl sites for hydroxylation is 1. The number of esters is 1. The van der Waals surface area contributed by atoms with Crippen LogP contribution in [0.25, 0.3) is 0 Å². The largest absolute Gasteiger partial charge is 0.460 e. The second-order valence-corrected chi connectivity index (χ2v) is 7.82. The minimum Gasteiger partial charge on any atom is -0.460 e. The number of H-pyrrole nitrogens is 1. The summed E-state index contributed by atoms with van der Waals surface area (Å²) in [5, 5.41) is 6.36. The van der Waals surface area contributed by atoms with Gasteiger partial charge >= 0.3 is 5.97 Å². The fourth-order valence-electron chi connectivity index (χ4n) is 3.91. The number of anilines is 2. The van der Waals surface area contributed by atoms with Crippen LogP contribution in [0.4, 0.5) is 11.4 Å². The van der Waals surface area contributed by atoms with Gasteiger partial charge in [0.15, 0.2) is 0 Å². The molecule has 0 atom stereocenters. The number of rotatable bonds is 9. The molecule has 30 heavy (non-hydrogen) atoms. The minimum atomic E-state index is -0.463. The zero-order chi connectivity index (χ0) is 21.5. The zero-order valence-corrected chi connectivity index (χ0v) is 18.0. The first kappa shape index (κ1) is 21.9. The number of amides is 1. The first-order valence-electron chi connectivity index (χ1n) is 10.5. The summed E-state index contributed by atoms with van der Waals surface area (Å²) in [7, 11) is 1.54. The van der Waals surface area contributed by atoms with Gasteiger partial charge in [0.05, 0.1) is 12.2 Å². The van der Waals surface area contributed by atoms with Gasteiger partial charge in [0.25, 0.3) is 5.91 Å². The maximum atomic E-state index is 12.7. The van der Waals surface area contributed by atoms with Crippen LogP contribution in [-0.4, -0.2) is 43.7 Å². The maximum Gasteiger partial charge on any atom is 0.340 e. The molecule has 7 heteroatoms. The average molecular weight is 414 g/mol. The van der Waals surface area contributed by atoms with Gasteiger partial charge < -0.3 is 25.1 Å². The van der Waals surface area contributed by atoms with Crippen LogP contribution in [0.3, 0.4) is 0 Å². The van der Waals surface area contributed by atoms with Crippen LogP contribution in [-0.2, 0) is 9.47 Å². The first-order chi connectivity index (χ1) is 14.5. The molecule has 1 fully saturated rings. The second kappa shape index (κ2) is 10.3. The Morgan fingerprint density at radius 3 is 2.40 bits per heavy atom. The third kappa shape index (κ3) is 5.42. The molecule has 0 radical (unpaired) electrons. The van der Waals surface area contributed by atoms with E-state index in [4.69, 9.17) is 9.47 Å². The highest BCUT2D eigenvalue weighted by Gasteiger charge is 2.23. The molecule has 162 valence electrons. The fourth-order valence-corrected chi connectivity index (χ4v) is 3.91. The van der Waals surface area contributed by atoms with Crippen LogP contribution in [0.2, 0.25) is 0 Å². The van der Waals surface area contributed by atoms with E-state index in [9.17, 15) is 9.59 Å². The average Bonchev–Trinajstić information content (AvgIpc) is 3.35. The van der Waals surface area contributed by atoms with Crippen molar-refractivity contribution in [1.82, 2.24) is 4.98 Å². The molecule has 0 saturated heterocycles. The normalized spacial score (nSPS) is 14.0. The van der Waals surface area contributed by atoms with Crippen LogP contribution in [0.15, 0.2) is 24.3 Å². The Kier molecular flexibility index (Phi) is 7.52. The van der Waals surface area contributed by atoms with Gasteiger partial charge in [-0.2, -0.15) is 0 Å². The van der Waals surface area contributed by atoms with Crippen molar-refractivity contribution >= 4 is 23.3 Å². The first-order valence-corrected chi connectivity index (χ1v) is 10.5. The number of benzene rings is 1. The minimum absolute atomic E-state index is 0.169. The summed E-state index contributed by atoms with van der Waals surface area (Å²) < 4.78 is 10.1. The highest BCUT2D eigenvalue weighted by Crippen LogP contribution is 2.25. The van der Waals surface area contributed by atoms with E-state index in [0.29, 0.717) is 34.8 Å². The lowest BCUT2D eigenvalue weighted by Crippen LogP contribution is -2.15. The molecule has 1 amide bonds. The van der Waals surface area contributed by atoms with Crippen molar-refractivity contribution in [1.29, 1.82) is 0 Å². The van der Waals surface area contributed by atoms with Gasteiger partial charge in [0.2, 0.25) is 0 Å². The molecule has 0 aliphatic heterocycles. The van der Waals surface area contributed by atoms with Gasteiger partial charge in [-0.05, 0) is 62.4 Å². The predicted octanol–water partition coefficient (Wildman–Crippen LogP) is 4.29. The number of aromatic nitrogens is 1. The number of carbonyl (C=O) groups excluding carboxylic acids is 2. The summed E-state index contributed by atoms with van der Waals surface area (Å²) in [4.78, 5) is 28.1. The predicted molar refractivity (Wildman–Crippen MR) is 117 cm³/mol. The quantitative estimate of drug-likeness (QED) is 0.421. The number of ether oxygens (including phenoxy) is 2. The number of hydrogen-bond donors (Lipinski definition) is 3. The number of aromatic amines is 1. The summed E-state index contributed by atoms with van der Waals surface area (Å²) in [6, 6.07) is 7.69. The van der Waals surface area contributed by atoms with E-state index < -0.39 is 5.97 Å². The lowest BCUT2D eigenvalue weighted by Gasteiger charge is -2.12. The Hall–Kier alpha value is -2.80. The fraction of sp³-hybridized carbons (Fsp3) is 0.478. The van der Waals surface area contributed by atoms with Crippen molar-refractivity contribution in [2.75, 3.05) is 37.5 Å². The Morgan fingerprint density at radius 2 is 1.73 bits per heavy atom. The molecule has 3 N–H and O–H groups in total. The molecule has 1 aromatic carbocycles. The molecule has 7 nitrogen and oxygen atoms in total. The Balaban J connectivity index is 1.60. The van der Waals surface area contributed by atoms with Crippen molar-refractivity contribution in [3.8, 4) is 0 Å². The van der Waals surface area contributed by atoms with Crippen LogP contribution in [0.1, 0.15) is 57.8 Å². The number of carbonyl (C=O) groups is 2. The van der Waals surface area contributed by atoms with Crippen molar-refractivity contribution < 1.29 is 19.1 Å². The van der Waals surface area contributed by atoms with E-state index in [-0.39, 0.29) is 12.5 Å². The molecule has 2 aromatic rings. The summed E-state index contributed by atoms with van der Waals surface area (Å²) in [6.45, 7) is 4.98. The molecule has 1 aliphatic rings. The molecular weight excluding hydrogens is 382 g/mol. The SMILES string of the molecule is COCCOC(=O)c1c(C)[nH]c(C(=O)Nc2ccc(NCC3CCCC3)cc2)c1C. The van der Waals surface area contributed by atoms with Crippen molar-refractivity contribution in [3.63, 3.8) is 0 Å². The van der Waals surface area contributed by atoms with E-state index >= 15 is 0 Å². The standard InChI is InChI=1S/C23H31N3O4/c1-15-20(23(28)30-13-12-29-3)16(2)25-21(15)22(27)26-19-10-8-18(9-11-19)24-14-17-6-4-5-7-17/h8-11,17,24-25H,4-7,12-14H2,1-3H3,(H,26,27). The second-order valence-electron chi connectivity index (χ2n) is 7.82. The zero-order valence-electron chi connectivity index (χ0n) is 18.0. The number of methoxy groups -OCH3 is 1. The van der Waals surface area contributed by atoms with E-state index in [0.717, 1.165) is 18.2 Å². The van der Waals surface area contributed by atoms with Crippen molar-refractivity contribution in [3.05, 3.63) is 46.8 Å². The number of hydrogen-bond acceptors (Lipinski definition) is 5. The van der Waals surface area contributed by atoms with E-state index in [1.54, 1.807) is 21.0 Å². The Bertz CT molecular complexity index is 867. The monoisotopic (exact) mass is 413 g/mol. The Labute approximate surface area is 177 Å². The molecule has 1 aromatic heterocycles.